The van der Waals surface area contributed by atoms with E-state index in [4.69, 9.17) is 5.26 Å². The molecule has 0 saturated heterocycles. The van der Waals surface area contributed by atoms with Crippen molar-refractivity contribution in [3.05, 3.63) is 35.9 Å². The van der Waals surface area contributed by atoms with Crippen molar-refractivity contribution < 1.29 is 0 Å². The second kappa shape index (κ2) is 8.07. The molecule has 0 spiro atoms. The predicted octanol–water partition coefficient (Wildman–Crippen LogP) is 4.59. The van der Waals surface area contributed by atoms with E-state index in [-0.39, 0.29) is 6.04 Å². The van der Waals surface area contributed by atoms with Gasteiger partial charge in [-0.05, 0) is 31.2 Å². The van der Waals surface area contributed by atoms with Crippen molar-refractivity contribution in [2.24, 2.45) is 5.92 Å². The van der Waals surface area contributed by atoms with Crippen LogP contribution in [0.25, 0.3) is 0 Å². The minimum atomic E-state index is 0.166. The number of nitrogens with zero attached hydrogens (tertiary/aromatic N) is 1. The molecule has 0 amide bonds. The number of nitrogens with one attached hydrogen (secondary N) is 1. The molecule has 0 aromatic heterocycles. The van der Waals surface area contributed by atoms with Crippen molar-refractivity contribution in [2.45, 2.75) is 64.0 Å². The van der Waals surface area contributed by atoms with Gasteiger partial charge >= 0.3 is 0 Å². The molecule has 20 heavy (non-hydrogen) atoms. The lowest BCUT2D eigenvalue weighted by atomic mass is 9.91. The first kappa shape index (κ1) is 15.1. The monoisotopic (exact) mass is 270 g/mol. The Labute approximate surface area is 123 Å². The number of nitriles is 1. The maximum absolute atomic E-state index is 9.08. The second-order valence-electron chi connectivity index (χ2n) is 6.03. The Kier molecular flexibility index (Phi) is 6.08. The van der Waals surface area contributed by atoms with E-state index in [1.807, 2.05) is 6.07 Å². The van der Waals surface area contributed by atoms with E-state index in [1.165, 1.54) is 44.1 Å². The molecular formula is C18H26N2. The van der Waals surface area contributed by atoms with E-state index in [9.17, 15) is 0 Å². The fourth-order valence-electron chi connectivity index (χ4n) is 3.31. The summed E-state index contributed by atoms with van der Waals surface area (Å²) in [7, 11) is 0. The Morgan fingerprint density at radius 3 is 2.40 bits per heavy atom. The maximum Gasteiger partial charge on any atom is 0.0641 e. The van der Waals surface area contributed by atoms with Gasteiger partial charge in [-0.25, -0.2) is 0 Å². The van der Waals surface area contributed by atoms with Gasteiger partial charge in [0.05, 0.1) is 12.5 Å². The molecule has 2 atom stereocenters. The highest BCUT2D eigenvalue weighted by molar-refractivity contribution is 5.20. The molecule has 2 rings (SSSR count). The van der Waals surface area contributed by atoms with Gasteiger partial charge in [0.2, 0.25) is 0 Å². The van der Waals surface area contributed by atoms with Crippen LogP contribution in [-0.4, -0.2) is 6.04 Å². The summed E-state index contributed by atoms with van der Waals surface area (Å²) >= 11 is 0. The summed E-state index contributed by atoms with van der Waals surface area (Å²) < 4.78 is 0. The van der Waals surface area contributed by atoms with E-state index in [2.05, 4.69) is 42.6 Å². The highest BCUT2D eigenvalue weighted by Crippen LogP contribution is 2.27. The van der Waals surface area contributed by atoms with E-state index in [1.54, 1.807) is 0 Å². The fourth-order valence-corrected chi connectivity index (χ4v) is 3.31. The van der Waals surface area contributed by atoms with Crippen molar-refractivity contribution in [2.75, 3.05) is 0 Å². The van der Waals surface area contributed by atoms with Gasteiger partial charge in [-0.3, -0.25) is 0 Å². The van der Waals surface area contributed by atoms with Crippen molar-refractivity contribution in [1.82, 2.24) is 5.32 Å². The molecule has 2 nitrogen and oxygen atoms in total. The summed E-state index contributed by atoms with van der Waals surface area (Å²) in [6.45, 7) is 2.29. The first-order chi connectivity index (χ1) is 9.81. The molecule has 1 aliphatic carbocycles. The molecule has 1 N–H and O–H groups in total. The van der Waals surface area contributed by atoms with Gasteiger partial charge < -0.3 is 5.32 Å². The van der Waals surface area contributed by atoms with E-state index in [0.717, 1.165) is 5.92 Å². The second-order valence-corrected chi connectivity index (χ2v) is 6.03. The lowest BCUT2D eigenvalue weighted by Crippen LogP contribution is -2.36. The highest BCUT2D eigenvalue weighted by Gasteiger charge is 2.22. The normalized spacial score (nSPS) is 19.8. The molecule has 0 aliphatic heterocycles. The lowest BCUT2D eigenvalue weighted by molar-refractivity contribution is 0.311. The molecular weight excluding hydrogens is 244 g/mol. The fraction of sp³-hybridized carbons (Fsp3) is 0.611. The minimum absolute atomic E-state index is 0.166. The van der Waals surface area contributed by atoms with Crippen LogP contribution in [-0.2, 0) is 0 Å². The number of benzene rings is 1. The van der Waals surface area contributed by atoms with E-state index in [0.29, 0.717) is 12.5 Å². The van der Waals surface area contributed by atoms with Crippen LogP contribution in [0.4, 0.5) is 0 Å². The van der Waals surface area contributed by atoms with Crippen molar-refractivity contribution in [3.8, 4) is 6.07 Å². The number of hydrogen-bond donors (Lipinski definition) is 1. The van der Waals surface area contributed by atoms with Crippen LogP contribution in [0.1, 0.15) is 63.5 Å². The topological polar surface area (TPSA) is 35.8 Å². The van der Waals surface area contributed by atoms with Gasteiger partial charge in [-0.1, -0.05) is 56.0 Å². The average Bonchev–Trinajstić information content (AvgIpc) is 2.77. The molecule has 1 saturated carbocycles. The zero-order valence-electron chi connectivity index (χ0n) is 12.5. The molecule has 2 heteroatoms. The first-order valence-corrected chi connectivity index (χ1v) is 7.99. The van der Waals surface area contributed by atoms with Crippen molar-refractivity contribution in [3.63, 3.8) is 0 Å². The first-order valence-electron chi connectivity index (χ1n) is 7.99. The number of rotatable bonds is 5. The standard InChI is InChI=1S/C18H26N2/c1-15(16-9-5-2-3-6-10-16)20-18(13-14-19)17-11-7-4-8-12-17/h4,7-8,11-12,15-16,18,20H,2-3,5-6,9-10,13H2,1H3/t15-,18?/m0/s1. The third-order valence-corrected chi connectivity index (χ3v) is 4.57. The lowest BCUT2D eigenvalue weighted by Gasteiger charge is -2.28. The van der Waals surface area contributed by atoms with Crippen LogP contribution in [0.5, 0.6) is 0 Å². The Morgan fingerprint density at radius 2 is 1.80 bits per heavy atom. The van der Waals surface area contributed by atoms with Crippen molar-refractivity contribution >= 4 is 0 Å². The zero-order chi connectivity index (χ0) is 14.2. The van der Waals surface area contributed by atoms with Crippen LogP contribution >= 0.6 is 0 Å². The Balaban J connectivity index is 1.98. The van der Waals surface area contributed by atoms with Gasteiger partial charge in [-0.2, -0.15) is 5.26 Å². The van der Waals surface area contributed by atoms with Crippen LogP contribution in [0.3, 0.4) is 0 Å². The predicted molar refractivity (Wildman–Crippen MR) is 83.2 cm³/mol. The highest BCUT2D eigenvalue weighted by atomic mass is 15.0. The van der Waals surface area contributed by atoms with Gasteiger partial charge in [0.15, 0.2) is 0 Å². The van der Waals surface area contributed by atoms with E-state index < -0.39 is 0 Å². The minimum Gasteiger partial charge on any atom is -0.306 e. The SMILES string of the molecule is C[C@H](NC(CC#N)c1ccccc1)C1CCCCCC1. The van der Waals surface area contributed by atoms with Gasteiger partial charge in [-0.15, -0.1) is 0 Å². The van der Waals surface area contributed by atoms with Crippen LogP contribution in [0.2, 0.25) is 0 Å². The molecule has 1 unspecified atom stereocenters. The average molecular weight is 270 g/mol. The molecule has 1 fully saturated rings. The smallest absolute Gasteiger partial charge is 0.0641 e. The molecule has 0 bridgehead atoms. The molecule has 0 radical (unpaired) electrons. The molecule has 1 aromatic carbocycles. The quantitative estimate of drug-likeness (QED) is 0.794. The summed E-state index contributed by atoms with van der Waals surface area (Å²) in [6.07, 6.45) is 8.73. The van der Waals surface area contributed by atoms with Crippen molar-refractivity contribution in [1.29, 1.82) is 5.26 Å². The van der Waals surface area contributed by atoms with Gasteiger partial charge in [0.1, 0.15) is 0 Å². The largest absolute Gasteiger partial charge is 0.306 e. The molecule has 108 valence electrons. The number of hydrogen-bond acceptors (Lipinski definition) is 2. The third-order valence-electron chi connectivity index (χ3n) is 4.57. The molecule has 0 heterocycles. The summed E-state index contributed by atoms with van der Waals surface area (Å²) in [5, 5.41) is 12.8. The zero-order valence-corrected chi connectivity index (χ0v) is 12.5. The van der Waals surface area contributed by atoms with E-state index >= 15 is 0 Å². The third kappa shape index (κ3) is 4.35. The van der Waals surface area contributed by atoms with Gasteiger partial charge in [0.25, 0.3) is 0 Å². The summed E-state index contributed by atoms with van der Waals surface area (Å²) in [4.78, 5) is 0. The Morgan fingerprint density at radius 1 is 1.15 bits per heavy atom. The Bertz CT molecular complexity index is 413. The summed E-state index contributed by atoms with van der Waals surface area (Å²) in [5.41, 5.74) is 1.23. The maximum atomic E-state index is 9.08. The molecule has 1 aliphatic rings. The Hall–Kier alpha value is -1.33. The summed E-state index contributed by atoms with van der Waals surface area (Å²) in [6, 6.07) is 13.4. The van der Waals surface area contributed by atoms with Crippen LogP contribution in [0.15, 0.2) is 30.3 Å². The van der Waals surface area contributed by atoms with Crippen LogP contribution in [0, 0.1) is 17.2 Å². The molecule has 1 aromatic rings. The van der Waals surface area contributed by atoms with Crippen LogP contribution < -0.4 is 5.32 Å². The van der Waals surface area contributed by atoms with Gasteiger partial charge in [0, 0.05) is 12.1 Å². The summed E-state index contributed by atoms with van der Waals surface area (Å²) in [5.74, 6) is 0.766.